The second-order valence-electron chi connectivity index (χ2n) is 6.34. The van der Waals surface area contributed by atoms with Gasteiger partial charge >= 0.3 is 0 Å². The molecular formula is C19H21N5O3. The van der Waals surface area contributed by atoms with Crippen LogP contribution in [0.4, 0.5) is 17.6 Å². The highest BCUT2D eigenvalue weighted by Gasteiger charge is 2.21. The lowest BCUT2D eigenvalue weighted by molar-refractivity contribution is 0.353. The SMILES string of the molecule is COc1cc2c(cc1OC)CN(c1nccc(Nc3cc(C)on3)n1)CC2. The molecule has 2 aromatic heterocycles. The molecule has 0 radical (unpaired) electrons. The van der Waals surface area contributed by atoms with Gasteiger partial charge < -0.3 is 24.2 Å². The van der Waals surface area contributed by atoms with Crippen molar-refractivity contribution in [3.05, 3.63) is 47.3 Å². The van der Waals surface area contributed by atoms with Crippen LogP contribution in [0.2, 0.25) is 0 Å². The van der Waals surface area contributed by atoms with Gasteiger partial charge in [0.1, 0.15) is 11.6 Å². The van der Waals surface area contributed by atoms with Crippen LogP contribution in [0.3, 0.4) is 0 Å². The Morgan fingerprint density at radius 3 is 2.56 bits per heavy atom. The third-order valence-electron chi connectivity index (χ3n) is 4.53. The summed E-state index contributed by atoms with van der Waals surface area (Å²) in [7, 11) is 3.30. The lowest BCUT2D eigenvalue weighted by Gasteiger charge is -2.29. The number of aromatic nitrogens is 3. The topological polar surface area (TPSA) is 85.5 Å². The molecule has 4 rings (SSSR count). The van der Waals surface area contributed by atoms with Crippen molar-refractivity contribution in [2.24, 2.45) is 0 Å². The molecular weight excluding hydrogens is 346 g/mol. The molecule has 0 fully saturated rings. The Hall–Kier alpha value is -3.29. The fraction of sp³-hybridized carbons (Fsp3) is 0.316. The first-order valence-electron chi connectivity index (χ1n) is 8.68. The molecule has 0 saturated heterocycles. The van der Waals surface area contributed by atoms with Gasteiger partial charge in [-0.3, -0.25) is 0 Å². The van der Waals surface area contributed by atoms with Crippen molar-refractivity contribution in [1.29, 1.82) is 0 Å². The number of hydrogen-bond donors (Lipinski definition) is 1. The molecule has 8 nitrogen and oxygen atoms in total. The summed E-state index contributed by atoms with van der Waals surface area (Å²) in [6.07, 6.45) is 2.63. The molecule has 0 unspecified atom stereocenters. The summed E-state index contributed by atoms with van der Waals surface area (Å²) >= 11 is 0. The first-order valence-corrected chi connectivity index (χ1v) is 8.68. The van der Waals surface area contributed by atoms with E-state index >= 15 is 0 Å². The van der Waals surface area contributed by atoms with Gasteiger partial charge in [-0.1, -0.05) is 5.16 Å². The van der Waals surface area contributed by atoms with E-state index in [2.05, 4.69) is 31.4 Å². The molecule has 1 aliphatic rings. The van der Waals surface area contributed by atoms with Crippen LogP contribution in [0, 0.1) is 6.92 Å². The Balaban J connectivity index is 1.56. The molecule has 3 heterocycles. The Labute approximate surface area is 157 Å². The number of ether oxygens (including phenoxy) is 2. The highest BCUT2D eigenvalue weighted by molar-refractivity contribution is 5.54. The molecule has 8 heteroatoms. The zero-order valence-electron chi connectivity index (χ0n) is 15.5. The zero-order chi connectivity index (χ0) is 18.8. The number of anilines is 3. The predicted molar refractivity (Wildman–Crippen MR) is 101 cm³/mol. The monoisotopic (exact) mass is 367 g/mol. The Morgan fingerprint density at radius 1 is 1.07 bits per heavy atom. The van der Waals surface area contributed by atoms with Crippen LogP contribution < -0.4 is 19.7 Å². The minimum atomic E-state index is 0.623. The molecule has 140 valence electrons. The number of methoxy groups -OCH3 is 2. The minimum Gasteiger partial charge on any atom is -0.493 e. The van der Waals surface area contributed by atoms with Gasteiger partial charge in [-0.05, 0) is 42.7 Å². The third-order valence-corrected chi connectivity index (χ3v) is 4.53. The van der Waals surface area contributed by atoms with E-state index in [9.17, 15) is 0 Å². The normalized spacial score (nSPS) is 13.2. The van der Waals surface area contributed by atoms with Crippen LogP contribution in [0.1, 0.15) is 16.9 Å². The lowest BCUT2D eigenvalue weighted by atomic mass is 9.99. The van der Waals surface area contributed by atoms with Gasteiger partial charge in [0, 0.05) is 25.4 Å². The van der Waals surface area contributed by atoms with Crippen LogP contribution in [0.5, 0.6) is 11.5 Å². The summed E-state index contributed by atoms with van der Waals surface area (Å²) in [5.74, 6) is 4.19. The largest absolute Gasteiger partial charge is 0.493 e. The molecule has 0 atom stereocenters. The number of nitrogens with one attached hydrogen (secondary N) is 1. The van der Waals surface area contributed by atoms with Crippen molar-refractivity contribution in [2.45, 2.75) is 19.9 Å². The van der Waals surface area contributed by atoms with E-state index in [1.165, 1.54) is 11.1 Å². The van der Waals surface area contributed by atoms with Crippen molar-refractivity contribution in [3.8, 4) is 11.5 Å². The number of nitrogens with zero attached hydrogens (tertiary/aromatic N) is 4. The molecule has 0 saturated carbocycles. The van der Waals surface area contributed by atoms with E-state index in [4.69, 9.17) is 14.0 Å². The molecule has 0 bridgehead atoms. The fourth-order valence-electron chi connectivity index (χ4n) is 3.18. The second-order valence-corrected chi connectivity index (χ2v) is 6.34. The van der Waals surface area contributed by atoms with Crippen LogP contribution in [-0.2, 0) is 13.0 Å². The standard InChI is InChI=1S/C19H21N5O3/c1-12-8-18(23-27-12)21-17-4-6-20-19(22-17)24-7-5-13-9-15(25-2)16(26-3)10-14(13)11-24/h4,6,8-10H,5,7,11H2,1-3H3,(H,20,21,22,23). The van der Waals surface area contributed by atoms with Gasteiger partial charge in [0.05, 0.1) is 14.2 Å². The molecule has 0 spiro atoms. The number of rotatable bonds is 5. The predicted octanol–water partition coefficient (Wildman–Crippen LogP) is 3.10. The minimum absolute atomic E-state index is 0.623. The van der Waals surface area contributed by atoms with Gasteiger partial charge in [-0.2, -0.15) is 4.98 Å². The summed E-state index contributed by atoms with van der Waals surface area (Å²) in [5, 5.41) is 7.07. The van der Waals surface area contributed by atoms with Gasteiger partial charge in [0.25, 0.3) is 0 Å². The van der Waals surface area contributed by atoms with E-state index < -0.39 is 0 Å². The maximum absolute atomic E-state index is 5.43. The first kappa shape index (κ1) is 17.1. The summed E-state index contributed by atoms with van der Waals surface area (Å²) in [6, 6.07) is 7.70. The van der Waals surface area contributed by atoms with Crippen LogP contribution >= 0.6 is 0 Å². The molecule has 1 aliphatic heterocycles. The second kappa shape index (κ2) is 7.14. The molecule has 27 heavy (non-hydrogen) atoms. The van der Waals surface area contributed by atoms with Crippen molar-refractivity contribution < 1.29 is 14.0 Å². The van der Waals surface area contributed by atoms with Crippen molar-refractivity contribution in [3.63, 3.8) is 0 Å². The first-order chi connectivity index (χ1) is 13.2. The molecule has 3 aromatic rings. The van der Waals surface area contributed by atoms with E-state index in [0.717, 1.165) is 30.2 Å². The van der Waals surface area contributed by atoms with E-state index in [1.54, 1.807) is 26.5 Å². The van der Waals surface area contributed by atoms with E-state index in [1.807, 2.05) is 19.1 Å². The van der Waals surface area contributed by atoms with Crippen molar-refractivity contribution in [1.82, 2.24) is 15.1 Å². The fourth-order valence-corrected chi connectivity index (χ4v) is 3.18. The maximum atomic E-state index is 5.43. The average molecular weight is 367 g/mol. The molecule has 0 amide bonds. The number of benzene rings is 1. The third kappa shape index (κ3) is 3.51. The van der Waals surface area contributed by atoms with Crippen LogP contribution in [0.15, 0.2) is 35.0 Å². The maximum Gasteiger partial charge on any atom is 0.227 e. The summed E-state index contributed by atoms with van der Waals surface area (Å²) in [4.78, 5) is 11.2. The number of fused-ring (bicyclic) bond motifs is 1. The lowest BCUT2D eigenvalue weighted by Crippen LogP contribution is -2.31. The molecule has 1 N–H and O–H groups in total. The number of hydrogen-bond acceptors (Lipinski definition) is 8. The number of aryl methyl sites for hydroxylation is 1. The highest BCUT2D eigenvalue weighted by Crippen LogP contribution is 2.34. The van der Waals surface area contributed by atoms with Gasteiger partial charge in [0.2, 0.25) is 5.95 Å². The molecule has 0 aliphatic carbocycles. The molecule has 1 aromatic carbocycles. The summed E-state index contributed by atoms with van der Waals surface area (Å²) < 4.78 is 15.9. The average Bonchev–Trinajstić information content (AvgIpc) is 3.11. The summed E-state index contributed by atoms with van der Waals surface area (Å²) in [6.45, 7) is 3.38. The van der Waals surface area contributed by atoms with E-state index in [0.29, 0.717) is 24.1 Å². The van der Waals surface area contributed by atoms with Gasteiger partial charge in [0.15, 0.2) is 17.3 Å². The van der Waals surface area contributed by atoms with Gasteiger partial charge in [-0.15, -0.1) is 0 Å². The van der Waals surface area contributed by atoms with Gasteiger partial charge in [-0.25, -0.2) is 4.98 Å². The summed E-state index contributed by atoms with van der Waals surface area (Å²) in [5.41, 5.74) is 2.45. The zero-order valence-corrected chi connectivity index (χ0v) is 15.5. The van der Waals surface area contributed by atoms with Crippen LogP contribution in [0.25, 0.3) is 0 Å². The van der Waals surface area contributed by atoms with Crippen molar-refractivity contribution >= 4 is 17.6 Å². The van der Waals surface area contributed by atoms with Crippen LogP contribution in [-0.4, -0.2) is 35.9 Å². The Kier molecular flexibility index (Phi) is 4.53. The smallest absolute Gasteiger partial charge is 0.227 e. The van der Waals surface area contributed by atoms with Crippen molar-refractivity contribution in [2.75, 3.05) is 31.0 Å². The Morgan fingerprint density at radius 2 is 1.85 bits per heavy atom. The van der Waals surface area contributed by atoms with E-state index in [-0.39, 0.29) is 0 Å². The quantitative estimate of drug-likeness (QED) is 0.736. The highest BCUT2D eigenvalue weighted by atomic mass is 16.5. The Bertz CT molecular complexity index is 956.